The van der Waals surface area contributed by atoms with Crippen LogP contribution in [0.1, 0.15) is 58.5 Å². The number of rotatable bonds is 9. The second kappa shape index (κ2) is 11.5. The fraction of sp³-hybridized carbons (Fsp3) is 0.385. The largest absolute Gasteiger partial charge is 0.427 e. The van der Waals surface area contributed by atoms with Crippen molar-refractivity contribution in [3.63, 3.8) is 0 Å². The molecule has 39 heavy (non-hydrogen) atoms. The van der Waals surface area contributed by atoms with Crippen LogP contribution >= 0.6 is 0 Å². The molecule has 0 spiro atoms. The Kier molecular flexibility index (Phi) is 8.10. The number of esters is 1. The third-order valence-corrected chi connectivity index (χ3v) is 6.23. The Morgan fingerprint density at radius 1 is 1.21 bits per heavy atom. The van der Waals surface area contributed by atoms with E-state index in [0.717, 1.165) is 10.5 Å². The summed E-state index contributed by atoms with van der Waals surface area (Å²) in [6.07, 6.45) is 3.40. The number of nitrogens with two attached hydrogens (primary N) is 1. The molecule has 1 aliphatic carbocycles. The Morgan fingerprint density at radius 2 is 1.95 bits per heavy atom. The molecular formula is C26H31N7O6. The molecule has 2 aromatic heterocycles. The molecule has 13 heteroatoms. The monoisotopic (exact) mass is 537 g/mol. The third-order valence-electron chi connectivity index (χ3n) is 6.23. The van der Waals surface area contributed by atoms with E-state index in [1.54, 1.807) is 28.9 Å². The lowest BCUT2D eigenvalue weighted by molar-refractivity contribution is -0.153. The van der Waals surface area contributed by atoms with Crippen molar-refractivity contribution >= 4 is 40.9 Å². The lowest BCUT2D eigenvalue weighted by Crippen LogP contribution is -2.40. The van der Waals surface area contributed by atoms with Crippen molar-refractivity contribution in [1.29, 1.82) is 0 Å². The van der Waals surface area contributed by atoms with Crippen molar-refractivity contribution in [3.05, 3.63) is 53.0 Å². The van der Waals surface area contributed by atoms with Crippen molar-refractivity contribution in [3.8, 4) is 0 Å². The van der Waals surface area contributed by atoms with Gasteiger partial charge in [0, 0.05) is 30.0 Å². The topological polar surface area (TPSA) is 170 Å². The Labute approximate surface area is 224 Å². The third kappa shape index (κ3) is 5.98. The summed E-state index contributed by atoms with van der Waals surface area (Å²) in [6, 6.07) is 3.82. The summed E-state index contributed by atoms with van der Waals surface area (Å²) in [4.78, 5) is 55.5. The summed E-state index contributed by atoms with van der Waals surface area (Å²) in [6.45, 7) is 6.80. The second-order valence-corrected chi connectivity index (χ2v) is 9.27. The van der Waals surface area contributed by atoms with Gasteiger partial charge in [-0.15, -0.1) is 0 Å². The van der Waals surface area contributed by atoms with Crippen LogP contribution in [0.4, 0.5) is 16.3 Å². The lowest BCUT2D eigenvalue weighted by atomic mass is 10.1. The number of aromatic nitrogens is 3. The minimum Gasteiger partial charge on any atom is -0.427 e. The van der Waals surface area contributed by atoms with E-state index in [9.17, 15) is 19.2 Å². The molecule has 0 radical (unpaired) electrons. The highest BCUT2D eigenvalue weighted by Crippen LogP contribution is 2.31. The van der Waals surface area contributed by atoms with Crippen LogP contribution in [0.15, 0.2) is 30.7 Å². The maximum atomic E-state index is 13.4. The van der Waals surface area contributed by atoms with Crippen LogP contribution in [-0.4, -0.2) is 68.8 Å². The van der Waals surface area contributed by atoms with Crippen molar-refractivity contribution in [2.24, 2.45) is 5.73 Å². The molecule has 0 bridgehead atoms. The predicted octanol–water partition coefficient (Wildman–Crippen LogP) is 2.43. The number of nitrogens with zero attached hydrogens (tertiary/aromatic N) is 4. The number of hydrogen-bond donors (Lipinski definition) is 3. The normalized spacial score (nSPS) is 13.5. The molecule has 1 fully saturated rings. The molecule has 13 nitrogen and oxygen atoms in total. The van der Waals surface area contributed by atoms with Gasteiger partial charge in [-0.3, -0.25) is 14.4 Å². The van der Waals surface area contributed by atoms with Crippen LogP contribution in [0.25, 0.3) is 5.52 Å². The highest BCUT2D eigenvalue weighted by molar-refractivity contribution is 6.04. The molecule has 206 valence electrons. The Hall–Kier alpha value is -4.52. The Bertz CT molecular complexity index is 1430. The van der Waals surface area contributed by atoms with E-state index in [2.05, 4.69) is 20.7 Å². The highest BCUT2D eigenvalue weighted by Gasteiger charge is 2.39. The SMILES string of the molecule is CCNC(=O)c1cn2ncnc(Nc3cc(C(=O)N(C(=O)OCOC(=O)C(C)N)C4CC4)ccc3C)c2c1C. The fourth-order valence-corrected chi connectivity index (χ4v) is 3.96. The van der Waals surface area contributed by atoms with E-state index >= 15 is 0 Å². The minimum absolute atomic E-state index is 0.213. The summed E-state index contributed by atoms with van der Waals surface area (Å²) in [5, 5.41) is 10.3. The van der Waals surface area contributed by atoms with Gasteiger partial charge in [-0.2, -0.15) is 5.10 Å². The van der Waals surface area contributed by atoms with Crippen LogP contribution in [0.5, 0.6) is 0 Å². The van der Waals surface area contributed by atoms with Gasteiger partial charge in [-0.25, -0.2) is 19.2 Å². The molecule has 4 N–H and O–H groups in total. The van der Waals surface area contributed by atoms with Crippen molar-refractivity contribution in [2.45, 2.75) is 52.6 Å². The van der Waals surface area contributed by atoms with Crippen molar-refractivity contribution in [1.82, 2.24) is 24.8 Å². The number of amides is 3. The number of benzene rings is 1. The number of carbonyl (C=O) groups is 4. The minimum atomic E-state index is -0.908. The number of nitrogens with one attached hydrogen (secondary N) is 2. The molecule has 1 unspecified atom stereocenters. The number of anilines is 2. The number of hydrogen-bond acceptors (Lipinski definition) is 10. The average Bonchev–Trinajstić information content (AvgIpc) is 3.67. The maximum absolute atomic E-state index is 13.4. The summed E-state index contributed by atoms with van der Waals surface area (Å²) >= 11 is 0. The molecule has 3 aromatic rings. The van der Waals surface area contributed by atoms with Crippen molar-refractivity contribution in [2.75, 3.05) is 18.7 Å². The Balaban J connectivity index is 1.57. The van der Waals surface area contributed by atoms with Gasteiger partial charge in [0.05, 0.1) is 5.56 Å². The standard InChI is InChI=1S/C26H31N7O6/c1-5-28-23(34)19-11-32-21(15(19)3)22(29-12-30-32)31-20-10-17(7-6-14(20)2)24(35)33(18-8-9-18)26(37)39-13-38-25(36)16(4)27/h6-7,10-12,16,18H,5,8-9,13,27H2,1-4H3,(H,28,34)(H,29,30,31). The lowest BCUT2D eigenvalue weighted by Gasteiger charge is -2.21. The predicted molar refractivity (Wildman–Crippen MR) is 140 cm³/mol. The van der Waals surface area contributed by atoms with Crippen LogP contribution in [0.2, 0.25) is 0 Å². The van der Waals surface area contributed by atoms with Crippen LogP contribution in [-0.2, 0) is 14.3 Å². The molecule has 1 aromatic carbocycles. The van der Waals surface area contributed by atoms with Gasteiger partial charge in [0.1, 0.15) is 17.9 Å². The van der Waals surface area contributed by atoms with Gasteiger partial charge in [0.25, 0.3) is 11.8 Å². The molecule has 2 heterocycles. The first-order valence-corrected chi connectivity index (χ1v) is 12.5. The molecule has 1 atom stereocenters. The molecule has 3 amide bonds. The van der Waals surface area contributed by atoms with Gasteiger partial charge in [-0.1, -0.05) is 6.07 Å². The zero-order valence-corrected chi connectivity index (χ0v) is 22.2. The van der Waals surface area contributed by atoms with Crippen LogP contribution in [0, 0.1) is 13.8 Å². The first kappa shape index (κ1) is 27.5. The fourth-order valence-electron chi connectivity index (χ4n) is 3.96. The highest BCUT2D eigenvalue weighted by atomic mass is 16.7. The van der Waals surface area contributed by atoms with Gasteiger partial charge in [0.15, 0.2) is 5.82 Å². The molecular weight excluding hydrogens is 506 g/mol. The quantitative estimate of drug-likeness (QED) is 0.272. The van der Waals surface area contributed by atoms with E-state index in [4.69, 9.17) is 15.2 Å². The number of carbonyl (C=O) groups excluding carboxylic acids is 4. The molecule has 4 rings (SSSR count). The van der Waals surface area contributed by atoms with Gasteiger partial charge in [0.2, 0.25) is 6.79 Å². The summed E-state index contributed by atoms with van der Waals surface area (Å²) in [7, 11) is 0. The van der Waals surface area contributed by atoms with E-state index in [1.807, 2.05) is 20.8 Å². The summed E-state index contributed by atoms with van der Waals surface area (Å²) in [5.41, 5.74) is 8.86. The van der Waals surface area contributed by atoms with Crippen LogP contribution < -0.4 is 16.4 Å². The van der Waals surface area contributed by atoms with Crippen molar-refractivity contribution < 1.29 is 28.7 Å². The number of aryl methyl sites for hydroxylation is 2. The van der Waals surface area contributed by atoms with E-state index in [1.165, 1.54) is 13.3 Å². The maximum Gasteiger partial charge on any atom is 0.419 e. The number of ether oxygens (including phenoxy) is 2. The van der Waals surface area contributed by atoms with Gasteiger partial charge < -0.3 is 25.8 Å². The second-order valence-electron chi connectivity index (χ2n) is 9.27. The van der Waals surface area contributed by atoms with Crippen LogP contribution in [0.3, 0.4) is 0 Å². The summed E-state index contributed by atoms with van der Waals surface area (Å²) < 4.78 is 11.4. The number of imide groups is 1. The van der Waals surface area contributed by atoms with Gasteiger partial charge in [-0.05, 0) is 63.8 Å². The summed E-state index contributed by atoms with van der Waals surface area (Å²) in [5.74, 6) is -1.04. The van der Waals surface area contributed by atoms with E-state index in [0.29, 0.717) is 47.5 Å². The van der Waals surface area contributed by atoms with E-state index < -0.39 is 30.8 Å². The molecule has 0 aliphatic heterocycles. The molecule has 1 aliphatic rings. The number of fused-ring (bicyclic) bond motifs is 1. The molecule has 0 saturated heterocycles. The molecule has 1 saturated carbocycles. The van der Waals surface area contributed by atoms with E-state index in [-0.39, 0.29) is 17.5 Å². The average molecular weight is 538 g/mol. The first-order valence-electron chi connectivity index (χ1n) is 12.5. The van der Waals surface area contributed by atoms with Gasteiger partial charge >= 0.3 is 12.1 Å². The zero-order chi connectivity index (χ0) is 28.3. The smallest absolute Gasteiger partial charge is 0.419 e. The zero-order valence-electron chi connectivity index (χ0n) is 22.2. The first-order chi connectivity index (χ1) is 18.6. The Morgan fingerprint density at radius 3 is 2.62 bits per heavy atom.